The molecule has 0 aliphatic heterocycles. The number of rotatable bonds is 3. The van der Waals surface area contributed by atoms with E-state index in [0.717, 1.165) is 11.1 Å². The summed E-state index contributed by atoms with van der Waals surface area (Å²) in [5.41, 5.74) is 2.17. The van der Waals surface area contributed by atoms with Gasteiger partial charge in [0.2, 0.25) is 0 Å². The Labute approximate surface area is 129 Å². The molecule has 0 amide bonds. The Hall–Kier alpha value is -1.31. The highest BCUT2D eigenvalue weighted by Crippen LogP contribution is 2.38. The van der Waals surface area contributed by atoms with Crippen LogP contribution >= 0.6 is 0 Å². The summed E-state index contributed by atoms with van der Waals surface area (Å²) >= 11 is 0. The van der Waals surface area contributed by atoms with Crippen LogP contribution in [0, 0.1) is 5.92 Å². The predicted molar refractivity (Wildman–Crippen MR) is 89.3 cm³/mol. The Morgan fingerprint density at radius 1 is 1.05 bits per heavy atom. The van der Waals surface area contributed by atoms with Crippen molar-refractivity contribution in [3.8, 4) is 5.75 Å². The van der Waals surface area contributed by atoms with Crippen molar-refractivity contribution < 1.29 is 9.90 Å². The number of Topliss-reactive ketones (excluding diaryl/α,β-unsaturated/α-hetero) is 1. The molecule has 0 unspecified atom stereocenters. The molecular formula is C19H30O2. The average molecular weight is 290 g/mol. The molecule has 0 aliphatic carbocycles. The van der Waals surface area contributed by atoms with Crippen LogP contribution in [0.15, 0.2) is 12.1 Å². The molecule has 1 aromatic rings. The molecule has 21 heavy (non-hydrogen) atoms. The van der Waals surface area contributed by atoms with E-state index in [-0.39, 0.29) is 28.3 Å². The van der Waals surface area contributed by atoms with E-state index < -0.39 is 0 Å². The Morgan fingerprint density at radius 2 is 1.57 bits per heavy atom. The molecule has 1 rings (SSSR count). The largest absolute Gasteiger partial charge is 0.507 e. The number of carbonyl (C=O) groups is 1. The fourth-order valence-electron chi connectivity index (χ4n) is 2.33. The summed E-state index contributed by atoms with van der Waals surface area (Å²) in [5, 5.41) is 10.6. The van der Waals surface area contributed by atoms with Crippen LogP contribution in [-0.2, 0) is 10.8 Å². The molecule has 0 bridgehead atoms. The van der Waals surface area contributed by atoms with Crippen LogP contribution in [0.2, 0.25) is 0 Å². The van der Waals surface area contributed by atoms with E-state index in [1.165, 1.54) is 0 Å². The summed E-state index contributed by atoms with van der Waals surface area (Å²) in [5.74, 6) is 0.466. The van der Waals surface area contributed by atoms with Crippen molar-refractivity contribution in [3.63, 3.8) is 0 Å². The number of aromatic hydroxyl groups is 1. The van der Waals surface area contributed by atoms with Crippen molar-refractivity contribution in [3.05, 3.63) is 28.8 Å². The first-order chi connectivity index (χ1) is 9.34. The molecule has 0 aromatic heterocycles. The minimum Gasteiger partial charge on any atom is -0.507 e. The van der Waals surface area contributed by atoms with E-state index in [1.54, 1.807) is 0 Å². The fourth-order valence-corrected chi connectivity index (χ4v) is 2.33. The van der Waals surface area contributed by atoms with Gasteiger partial charge in [-0.1, -0.05) is 61.5 Å². The van der Waals surface area contributed by atoms with Crippen LogP contribution in [0.1, 0.15) is 83.3 Å². The molecule has 0 heterocycles. The minimum absolute atomic E-state index is 0.0269. The molecule has 118 valence electrons. The van der Waals surface area contributed by atoms with Gasteiger partial charge >= 0.3 is 0 Å². The maximum absolute atomic E-state index is 12.5. The summed E-state index contributed by atoms with van der Waals surface area (Å²) in [6, 6.07) is 3.91. The summed E-state index contributed by atoms with van der Waals surface area (Å²) in [6.45, 7) is 16.6. The number of carbonyl (C=O) groups excluding carboxylic acids is 1. The Kier molecular flexibility index (Phi) is 4.92. The van der Waals surface area contributed by atoms with Gasteiger partial charge < -0.3 is 5.11 Å². The standard InChI is InChI=1S/C19H30O2/c1-12(2)9-16(20)14-10-13(18(3,4)5)11-15(17(14)21)19(6,7)8/h10-12,21H,9H2,1-8H3. The van der Waals surface area contributed by atoms with Crippen molar-refractivity contribution >= 4 is 5.78 Å². The predicted octanol–water partition coefficient (Wildman–Crippen LogP) is 5.22. The van der Waals surface area contributed by atoms with Gasteiger partial charge in [-0.25, -0.2) is 0 Å². The lowest BCUT2D eigenvalue weighted by Crippen LogP contribution is -2.19. The zero-order valence-electron chi connectivity index (χ0n) is 14.8. The number of ketones is 1. The lowest BCUT2D eigenvalue weighted by Gasteiger charge is -2.27. The van der Waals surface area contributed by atoms with E-state index in [1.807, 2.05) is 26.0 Å². The van der Waals surface area contributed by atoms with E-state index in [9.17, 15) is 9.90 Å². The highest BCUT2D eigenvalue weighted by Gasteiger charge is 2.27. The van der Waals surface area contributed by atoms with Crippen LogP contribution in [0.25, 0.3) is 0 Å². The Bertz CT molecular complexity index is 526. The first-order valence-corrected chi connectivity index (χ1v) is 7.75. The van der Waals surface area contributed by atoms with Gasteiger partial charge in [-0.15, -0.1) is 0 Å². The molecule has 1 N–H and O–H groups in total. The first-order valence-electron chi connectivity index (χ1n) is 7.75. The Morgan fingerprint density at radius 3 is 1.95 bits per heavy atom. The topological polar surface area (TPSA) is 37.3 Å². The second-order valence-corrected chi connectivity index (χ2v) is 8.44. The maximum atomic E-state index is 12.5. The fraction of sp³-hybridized carbons (Fsp3) is 0.632. The van der Waals surface area contributed by atoms with Crippen LogP contribution < -0.4 is 0 Å². The van der Waals surface area contributed by atoms with E-state index in [2.05, 4.69) is 41.5 Å². The van der Waals surface area contributed by atoms with Crippen molar-refractivity contribution in [2.75, 3.05) is 0 Å². The molecule has 0 aliphatic rings. The van der Waals surface area contributed by atoms with Gasteiger partial charge in [0.15, 0.2) is 5.78 Å². The Balaban J connectivity index is 3.53. The molecule has 0 saturated carbocycles. The van der Waals surface area contributed by atoms with E-state index in [0.29, 0.717) is 12.0 Å². The molecular weight excluding hydrogens is 260 g/mol. The monoisotopic (exact) mass is 290 g/mol. The highest BCUT2D eigenvalue weighted by molar-refractivity contribution is 5.99. The van der Waals surface area contributed by atoms with Gasteiger partial charge in [0.25, 0.3) is 0 Å². The van der Waals surface area contributed by atoms with E-state index >= 15 is 0 Å². The summed E-state index contributed by atoms with van der Waals surface area (Å²) < 4.78 is 0. The van der Waals surface area contributed by atoms with Gasteiger partial charge in [-0.05, 0) is 28.4 Å². The van der Waals surface area contributed by atoms with Gasteiger partial charge in [0.05, 0.1) is 5.56 Å². The van der Waals surface area contributed by atoms with Crippen molar-refractivity contribution in [1.82, 2.24) is 0 Å². The van der Waals surface area contributed by atoms with Crippen LogP contribution in [0.3, 0.4) is 0 Å². The molecule has 0 fully saturated rings. The third kappa shape index (κ3) is 4.33. The molecule has 2 heteroatoms. The molecule has 0 radical (unpaired) electrons. The zero-order chi connectivity index (χ0) is 16.6. The minimum atomic E-state index is -0.196. The van der Waals surface area contributed by atoms with Gasteiger partial charge in [0.1, 0.15) is 5.75 Å². The summed E-state index contributed by atoms with van der Waals surface area (Å²) in [6.07, 6.45) is 0.463. The highest BCUT2D eigenvalue weighted by atomic mass is 16.3. The number of phenols is 1. The number of benzene rings is 1. The van der Waals surface area contributed by atoms with Crippen LogP contribution in [0.5, 0.6) is 5.75 Å². The molecule has 1 aromatic carbocycles. The molecule has 0 atom stereocenters. The second kappa shape index (κ2) is 5.82. The third-order valence-electron chi connectivity index (χ3n) is 3.68. The number of phenolic OH excluding ortho intramolecular Hbond substituents is 1. The van der Waals surface area contributed by atoms with Crippen molar-refractivity contribution in [1.29, 1.82) is 0 Å². The van der Waals surface area contributed by atoms with Crippen molar-refractivity contribution in [2.45, 2.75) is 72.6 Å². The lowest BCUT2D eigenvalue weighted by molar-refractivity contribution is 0.0965. The quantitative estimate of drug-likeness (QED) is 0.775. The lowest BCUT2D eigenvalue weighted by atomic mass is 9.78. The first kappa shape index (κ1) is 17.7. The molecule has 0 spiro atoms. The third-order valence-corrected chi connectivity index (χ3v) is 3.68. The van der Waals surface area contributed by atoms with Gasteiger partial charge in [-0.3, -0.25) is 4.79 Å². The normalized spacial score (nSPS) is 12.8. The summed E-state index contributed by atoms with van der Waals surface area (Å²) in [7, 11) is 0. The smallest absolute Gasteiger partial charge is 0.166 e. The SMILES string of the molecule is CC(C)CC(=O)c1cc(C(C)(C)C)cc(C(C)(C)C)c1O. The average Bonchev–Trinajstić information content (AvgIpc) is 2.24. The second-order valence-electron chi connectivity index (χ2n) is 8.44. The summed E-state index contributed by atoms with van der Waals surface area (Å²) in [4.78, 5) is 12.5. The molecule has 2 nitrogen and oxygen atoms in total. The van der Waals surface area contributed by atoms with E-state index in [4.69, 9.17) is 0 Å². The molecule has 0 saturated heterocycles. The van der Waals surface area contributed by atoms with Crippen molar-refractivity contribution in [2.24, 2.45) is 5.92 Å². The number of hydrogen-bond donors (Lipinski definition) is 1. The number of hydrogen-bond acceptors (Lipinski definition) is 2. The van der Waals surface area contributed by atoms with Crippen LogP contribution in [-0.4, -0.2) is 10.9 Å². The van der Waals surface area contributed by atoms with Gasteiger partial charge in [0, 0.05) is 12.0 Å². The zero-order valence-corrected chi connectivity index (χ0v) is 14.8. The van der Waals surface area contributed by atoms with Crippen LogP contribution in [0.4, 0.5) is 0 Å². The maximum Gasteiger partial charge on any atom is 0.166 e. The van der Waals surface area contributed by atoms with Gasteiger partial charge in [-0.2, -0.15) is 0 Å².